The summed E-state index contributed by atoms with van der Waals surface area (Å²) in [5, 5.41) is 23.0. The Hall–Kier alpha value is -3.21. The molecular weight excluding hydrogens is 326 g/mol. The van der Waals surface area contributed by atoms with Crippen LogP contribution in [0.4, 0.5) is 0 Å². The second kappa shape index (κ2) is 9.17. The molecule has 1 amide bonds. The van der Waals surface area contributed by atoms with Crippen LogP contribution in [0.3, 0.4) is 0 Å². The topological polar surface area (TPSA) is 121 Å². The number of carboxylic acids is 1. The van der Waals surface area contributed by atoms with Gasteiger partial charge < -0.3 is 25.2 Å². The first-order valence-electron chi connectivity index (χ1n) is 7.45. The Morgan fingerprint density at radius 2 is 1.88 bits per heavy atom. The summed E-state index contributed by atoms with van der Waals surface area (Å²) < 4.78 is 10.4. The number of nitrogens with one attached hydrogen (secondary N) is 2. The average molecular weight is 347 g/mol. The molecular formula is C17H21N3O5. The molecule has 0 aliphatic carbocycles. The van der Waals surface area contributed by atoms with Gasteiger partial charge in [-0.2, -0.15) is 5.26 Å². The Kier molecular flexibility index (Phi) is 7.28. The quantitative estimate of drug-likeness (QED) is 0.479. The Labute approximate surface area is 146 Å². The number of methoxy groups -OCH3 is 2. The van der Waals surface area contributed by atoms with Gasteiger partial charge in [0.2, 0.25) is 0 Å². The maximum atomic E-state index is 12.2. The smallest absolute Gasteiger partial charge is 0.325 e. The van der Waals surface area contributed by atoms with E-state index in [1.807, 2.05) is 0 Å². The molecule has 3 N–H and O–H groups in total. The number of carbonyl (C=O) groups excluding carboxylic acids is 1. The fraction of sp³-hybridized carbons (Fsp3) is 0.353. The number of nitriles is 1. The number of hydrogen-bond acceptors (Lipinski definition) is 6. The molecule has 2 atom stereocenters. The molecule has 0 radical (unpaired) electrons. The molecule has 0 saturated heterocycles. The van der Waals surface area contributed by atoms with Gasteiger partial charge in [-0.15, -0.1) is 0 Å². The number of rotatable bonds is 8. The SMILES string of the molecule is COc1ccc(C(C)NC(=O)/C(C#N)=C\NC(C)C(=O)O)cc1OC. The molecule has 0 aliphatic heterocycles. The van der Waals surface area contributed by atoms with Crippen molar-refractivity contribution in [2.75, 3.05) is 14.2 Å². The van der Waals surface area contributed by atoms with Crippen molar-refractivity contribution >= 4 is 11.9 Å². The van der Waals surface area contributed by atoms with Gasteiger partial charge in [0, 0.05) is 6.20 Å². The molecule has 0 aromatic heterocycles. The maximum Gasteiger partial charge on any atom is 0.325 e. The van der Waals surface area contributed by atoms with Gasteiger partial charge in [0.15, 0.2) is 11.5 Å². The highest BCUT2D eigenvalue weighted by molar-refractivity contribution is 5.97. The summed E-state index contributed by atoms with van der Waals surface area (Å²) in [5.74, 6) is -0.620. The Balaban J connectivity index is 2.86. The average Bonchev–Trinajstić information content (AvgIpc) is 2.60. The summed E-state index contributed by atoms with van der Waals surface area (Å²) in [6.45, 7) is 3.15. The summed E-state index contributed by atoms with van der Waals surface area (Å²) >= 11 is 0. The van der Waals surface area contributed by atoms with Gasteiger partial charge in [-0.05, 0) is 31.5 Å². The normalized spacial score (nSPS) is 13.2. The van der Waals surface area contributed by atoms with Crippen LogP contribution in [0.25, 0.3) is 0 Å². The highest BCUT2D eigenvalue weighted by atomic mass is 16.5. The largest absolute Gasteiger partial charge is 0.493 e. The number of nitrogens with zero attached hydrogens (tertiary/aromatic N) is 1. The van der Waals surface area contributed by atoms with Crippen molar-refractivity contribution in [3.05, 3.63) is 35.5 Å². The first-order chi connectivity index (χ1) is 11.8. The third kappa shape index (κ3) is 5.42. The van der Waals surface area contributed by atoms with Crippen LogP contribution >= 0.6 is 0 Å². The van der Waals surface area contributed by atoms with E-state index in [0.29, 0.717) is 11.5 Å². The number of carboxylic acid groups (broad SMARTS) is 1. The van der Waals surface area contributed by atoms with Crippen molar-refractivity contribution in [3.63, 3.8) is 0 Å². The zero-order valence-electron chi connectivity index (χ0n) is 14.5. The summed E-state index contributed by atoms with van der Waals surface area (Å²) in [6, 6.07) is 5.64. The number of amides is 1. The lowest BCUT2D eigenvalue weighted by Crippen LogP contribution is -2.32. The van der Waals surface area contributed by atoms with Gasteiger partial charge in [-0.3, -0.25) is 9.59 Å². The first kappa shape index (κ1) is 19.8. The summed E-state index contributed by atoms with van der Waals surface area (Å²) in [6.07, 6.45) is 1.09. The van der Waals surface area contributed by atoms with Crippen LogP contribution < -0.4 is 20.1 Å². The van der Waals surface area contributed by atoms with Crippen LogP contribution in [-0.4, -0.2) is 37.2 Å². The molecule has 8 nitrogen and oxygen atoms in total. The van der Waals surface area contributed by atoms with Gasteiger partial charge in [-0.25, -0.2) is 0 Å². The van der Waals surface area contributed by atoms with Crippen LogP contribution in [-0.2, 0) is 9.59 Å². The highest BCUT2D eigenvalue weighted by Gasteiger charge is 2.16. The number of benzene rings is 1. The van der Waals surface area contributed by atoms with Crippen LogP contribution in [0.5, 0.6) is 11.5 Å². The third-order valence-corrected chi connectivity index (χ3v) is 3.47. The lowest BCUT2D eigenvalue weighted by molar-refractivity contribution is -0.138. The van der Waals surface area contributed by atoms with E-state index in [9.17, 15) is 9.59 Å². The van der Waals surface area contributed by atoms with E-state index in [0.717, 1.165) is 11.8 Å². The Morgan fingerprint density at radius 3 is 2.40 bits per heavy atom. The van der Waals surface area contributed by atoms with Gasteiger partial charge in [0.25, 0.3) is 5.91 Å². The van der Waals surface area contributed by atoms with Crippen molar-refractivity contribution in [2.45, 2.75) is 25.9 Å². The fourth-order valence-electron chi connectivity index (χ4n) is 1.91. The van der Waals surface area contributed by atoms with Crippen LogP contribution in [0.15, 0.2) is 30.0 Å². The summed E-state index contributed by atoms with van der Waals surface area (Å²) in [7, 11) is 3.04. The van der Waals surface area contributed by atoms with Crippen LogP contribution in [0, 0.1) is 11.3 Å². The monoisotopic (exact) mass is 347 g/mol. The predicted molar refractivity (Wildman–Crippen MR) is 90.0 cm³/mol. The molecule has 0 fully saturated rings. The highest BCUT2D eigenvalue weighted by Crippen LogP contribution is 2.29. The van der Waals surface area contributed by atoms with Crippen molar-refractivity contribution in [2.24, 2.45) is 0 Å². The van der Waals surface area contributed by atoms with E-state index in [1.54, 1.807) is 31.2 Å². The lowest BCUT2D eigenvalue weighted by atomic mass is 10.1. The minimum absolute atomic E-state index is 0.222. The molecule has 1 rings (SSSR count). The minimum Gasteiger partial charge on any atom is -0.493 e. The minimum atomic E-state index is -1.09. The van der Waals surface area contributed by atoms with Crippen molar-refractivity contribution < 1.29 is 24.2 Å². The van der Waals surface area contributed by atoms with Crippen LogP contribution in [0.1, 0.15) is 25.5 Å². The van der Waals surface area contributed by atoms with Gasteiger partial charge in [0.1, 0.15) is 17.7 Å². The fourth-order valence-corrected chi connectivity index (χ4v) is 1.91. The molecule has 0 heterocycles. The van der Waals surface area contributed by atoms with Crippen molar-refractivity contribution in [3.8, 4) is 17.6 Å². The van der Waals surface area contributed by atoms with Crippen LogP contribution in [0.2, 0.25) is 0 Å². The van der Waals surface area contributed by atoms with Crippen molar-refractivity contribution in [1.29, 1.82) is 5.26 Å². The van der Waals surface area contributed by atoms with E-state index < -0.39 is 24.0 Å². The summed E-state index contributed by atoms with van der Waals surface area (Å²) in [5.41, 5.74) is 0.538. The third-order valence-electron chi connectivity index (χ3n) is 3.47. The number of hydrogen-bond donors (Lipinski definition) is 3. The Morgan fingerprint density at radius 1 is 1.24 bits per heavy atom. The molecule has 0 saturated carbocycles. The van der Waals surface area contributed by atoms with E-state index in [2.05, 4.69) is 10.6 Å². The van der Waals surface area contributed by atoms with Gasteiger partial charge in [-0.1, -0.05) is 6.07 Å². The van der Waals surface area contributed by atoms with Gasteiger partial charge >= 0.3 is 5.97 Å². The molecule has 134 valence electrons. The molecule has 25 heavy (non-hydrogen) atoms. The predicted octanol–water partition coefficient (Wildman–Crippen LogP) is 1.35. The molecule has 1 aromatic rings. The maximum absolute atomic E-state index is 12.2. The number of ether oxygens (including phenoxy) is 2. The second-order valence-corrected chi connectivity index (χ2v) is 5.21. The molecule has 0 spiro atoms. The molecule has 0 aliphatic rings. The number of aliphatic carboxylic acids is 1. The molecule has 8 heteroatoms. The zero-order valence-corrected chi connectivity index (χ0v) is 14.5. The standard InChI is InChI=1S/C17H21N3O5/c1-10(12-5-6-14(24-3)15(7-12)25-4)20-16(21)13(8-18)9-19-11(2)17(22)23/h5-7,9-11,19H,1-4H3,(H,20,21)(H,22,23)/b13-9-. The van der Waals surface area contributed by atoms with E-state index in [4.69, 9.17) is 19.8 Å². The second-order valence-electron chi connectivity index (χ2n) is 5.21. The van der Waals surface area contributed by atoms with Gasteiger partial charge in [0.05, 0.1) is 20.3 Å². The zero-order chi connectivity index (χ0) is 19.0. The molecule has 1 aromatic carbocycles. The number of carbonyl (C=O) groups is 2. The molecule has 2 unspecified atom stereocenters. The van der Waals surface area contributed by atoms with E-state index in [-0.39, 0.29) is 5.57 Å². The van der Waals surface area contributed by atoms with E-state index >= 15 is 0 Å². The lowest BCUT2D eigenvalue weighted by Gasteiger charge is -2.16. The molecule has 0 bridgehead atoms. The summed E-state index contributed by atoms with van der Waals surface area (Å²) in [4.78, 5) is 22.9. The Bertz CT molecular complexity index is 709. The van der Waals surface area contributed by atoms with E-state index in [1.165, 1.54) is 21.1 Å². The first-order valence-corrected chi connectivity index (χ1v) is 7.45. The van der Waals surface area contributed by atoms with Crippen molar-refractivity contribution in [1.82, 2.24) is 10.6 Å².